The molecule has 3 heterocycles. The normalized spacial score (nSPS) is 13.4. The lowest BCUT2D eigenvalue weighted by Gasteiger charge is -2.28. The zero-order chi connectivity index (χ0) is 24.6. The van der Waals surface area contributed by atoms with Crippen LogP contribution in [0.4, 0.5) is 27.8 Å². The van der Waals surface area contributed by atoms with E-state index in [0.717, 1.165) is 24.3 Å². The van der Waals surface area contributed by atoms with E-state index in [1.165, 1.54) is 11.8 Å². The molecule has 1 aliphatic heterocycles. The first-order valence-electron chi connectivity index (χ1n) is 11.0. The number of anilines is 4. The number of halogens is 1. The Morgan fingerprint density at radius 3 is 2.57 bits per heavy atom. The average Bonchev–Trinajstić information content (AvgIpc) is 2.88. The van der Waals surface area contributed by atoms with Crippen LogP contribution in [-0.2, 0) is 4.74 Å². The van der Waals surface area contributed by atoms with Crippen LogP contribution in [0.5, 0.6) is 0 Å². The van der Waals surface area contributed by atoms with E-state index in [2.05, 4.69) is 35.8 Å². The monoisotopic (exact) mass is 515 g/mol. The van der Waals surface area contributed by atoms with Crippen molar-refractivity contribution in [3.05, 3.63) is 47.7 Å². The molecule has 4 N–H and O–H groups in total. The van der Waals surface area contributed by atoms with E-state index in [1.807, 2.05) is 12.3 Å². The van der Waals surface area contributed by atoms with Gasteiger partial charge in [-0.2, -0.15) is 0 Å². The van der Waals surface area contributed by atoms with Crippen LogP contribution in [0.3, 0.4) is 0 Å². The molecule has 0 bridgehead atoms. The van der Waals surface area contributed by atoms with Gasteiger partial charge < -0.3 is 25.4 Å². The molecule has 0 spiro atoms. The van der Waals surface area contributed by atoms with Crippen molar-refractivity contribution < 1.29 is 14.6 Å². The Hall–Kier alpha value is -3.12. The van der Waals surface area contributed by atoms with Gasteiger partial charge in [-0.15, -0.1) is 11.8 Å². The fourth-order valence-electron chi connectivity index (χ4n) is 3.48. The molecular weight excluding hydrogens is 490 g/mol. The number of hydrogen-bond acceptors (Lipinski definition) is 9. The van der Waals surface area contributed by atoms with Gasteiger partial charge in [-0.05, 0) is 42.7 Å². The summed E-state index contributed by atoms with van der Waals surface area (Å²) in [5.74, 6) is 1.46. The Morgan fingerprint density at radius 2 is 1.91 bits per heavy atom. The van der Waals surface area contributed by atoms with Crippen molar-refractivity contribution in [2.45, 2.75) is 4.90 Å². The highest BCUT2D eigenvalue weighted by molar-refractivity contribution is 7.98. The smallest absolute Gasteiger partial charge is 0.324 e. The molecule has 0 saturated carbocycles. The molecule has 12 heteroatoms. The standard InChI is InChI=1S/C23H26ClN7O3S/c1-35-19-20(24)29-21(30-22(19)25-8-11-32)15-2-4-16(5-3-15)27-23(33)28-18-7-6-17(14-26-18)31-9-12-34-13-10-31/h2-7,14,32H,8-13H2,1H3,(H,25,29,30)(H2,26,27,28,33). The Kier molecular flexibility index (Phi) is 8.59. The molecule has 1 fully saturated rings. The molecule has 0 aliphatic carbocycles. The van der Waals surface area contributed by atoms with Gasteiger partial charge in [0.15, 0.2) is 5.82 Å². The first kappa shape index (κ1) is 25.0. The van der Waals surface area contributed by atoms with E-state index in [1.54, 1.807) is 36.5 Å². The molecule has 0 atom stereocenters. The lowest BCUT2D eigenvalue weighted by atomic mass is 10.2. The minimum Gasteiger partial charge on any atom is -0.395 e. The summed E-state index contributed by atoms with van der Waals surface area (Å²) in [5.41, 5.74) is 2.33. The van der Waals surface area contributed by atoms with E-state index in [-0.39, 0.29) is 6.61 Å². The van der Waals surface area contributed by atoms with E-state index < -0.39 is 6.03 Å². The van der Waals surface area contributed by atoms with Gasteiger partial charge in [-0.1, -0.05) is 11.6 Å². The van der Waals surface area contributed by atoms with E-state index in [4.69, 9.17) is 21.4 Å². The summed E-state index contributed by atoms with van der Waals surface area (Å²) >= 11 is 7.77. The Balaban J connectivity index is 1.38. The largest absolute Gasteiger partial charge is 0.395 e. The highest BCUT2D eigenvalue weighted by atomic mass is 35.5. The van der Waals surface area contributed by atoms with Gasteiger partial charge in [0.25, 0.3) is 0 Å². The van der Waals surface area contributed by atoms with Crippen LogP contribution in [0, 0.1) is 0 Å². The van der Waals surface area contributed by atoms with Crippen LogP contribution in [0.15, 0.2) is 47.5 Å². The number of hydrogen-bond donors (Lipinski definition) is 4. The number of aromatic nitrogens is 3. The highest BCUT2D eigenvalue weighted by Crippen LogP contribution is 2.32. The maximum atomic E-state index is 12.4. The molecule has 0 unspecified atom stereocenters. The fraction of sp³-hybridized carbons (Fsp3) is 0.304. The van der Waals surface area contributed by atoms with Crippen molar-refractivity contribution >= 4 is 52.4 Å². The first-order chi connectivity index (χ1) is 17.1. The summed E-state index contributed by atoms with van der Waals surface area (Å²) in [6.45, 7) is 3.37. The lowest BCUT2D eigenvalue weighted by Crippen LogP contribution is -2.36. The SMILES string of the molecule is CSc1c(Cl)nc(-c2ccc(NC(=O)Nc3ccc(N4CCOCC4)cn3)cc2)nc1NCCO. The topological polar surface area (TPSA) is 125 Å². The molecular formula is C23H26ClN7O3S. The highest BCUT2D eigenvalue weighted by Gasteiger charge is 2.14. The molecule has 3 aromatic rings. The number of carbonyl (C=O) groups excluding carboxylic acids is 1. The number of nitrogens with one attached hydrogen (secondary N) is 3. The van der Waals surface area contributed by atoms with Crippen molar-refractivity contribution in [3.63, 3.8) is 0 Å². The van der Waals surface area contributed by atoms with Crippen LogP contribution in [0.1, 0.15) is 0 Å². The molecule has 1 aliphatic rings. The summed E-state index contributed by atoms with van der Waals surface area (Å²) in [6.07, 6.45) is 3.63. The number of nitrogens with zero attached hydrogens (tertiary/aromatic N) is 4. The molecule has 4 rings (SSSR count). The predicted molar refractivity (Wildman–Crippen MR) is 140 cm³/mol. The maximum absolute atomic E-state index is 12.4. The number of ether oxygens (including phenoxy) is 1. The second kappa shape index (κ2) is 12.0. The van der Waals surface area contributed by atoms with Gasteiger partial charge in [0.2, 0.25) is 0 Å². The Morgan fingerprint density at radius 1 is 1.14 bits per heavy atom. The van der Waals surface area contributed by atoms with Crippen molar-refractivity contribution in [2.24, 2.45) is 0 Å². The lowest BCUT2D eigenvalue weighted by molar-refractivity contribution is 0.122. The van der Waals surface area contributed by atoms with E-state index in [9.17, 15) is 4.79 Å². The summed E-state index contributed by atoms with van der Waals surface area (Å²) in [7, 11) is 0. The molecule has 1 aromatic carbocycles. The van der Waals surface area contributed by atoms with Crippen molar-refractivity contribution in [1.29, 1.82) is 0 Å². The predicted octanol–water partition coefficient (Wildman–Crippen LogP) is 3.80. The van der Waals surface area contributed by atoms with Crippen LogP contribution < -0.4 is 20.9 Å². The number of urea groups is 1. The van der Waals surface area contributed by atoms with Gasteiger partial charge >= 0.3 is 6.03 Å². The van der Waals surface area contributed by atoms with Crippen molar-refractivity contribution in [1.82, 2.24) is 15.0 Å². The molecule has 1 saturated heterocycles. The molecule has 0 radical (unpaired) electrons. The van der Waals surface area contributed by atoms with Crippen LogP contribution in [0.2, 0.25) is 5.15 Å². The maximum Gasteiger partial charge on any atom is 0.324 e. The summed E-state index contributed by atoms with van der Waals surface area (Å²) in [5, 5.41) is 18.0. The van der Waals surface area contributed by atoms with Crippen LogP contribution in [0.25, 0.3) is 11.4 Å². The number of rotatable bonds is 8. The van der Waals surface area contributed by atoms with E-state index in [0.29, 0.717) is 53.0 Å². The van der Waals surface area contributed by atoms with Crippen molar-refractivity contribution in [3.8, 4) is 11.4 Å². The molecule has 35 heavy (non-hydrogen) atoms. The number of thioether (sulfide) groups is 1. The molecule has 184 valence electrons. The molecule has 2 aromatic heterocycles. The zero-order valence-electron chi connectivity index (χ0n) is 19.1. The molecule has 2 amide bonds. The third-order valence-electron chi connectivity index (χ3n) is 5.20. The number of aliphatic hydroxyl groups is 1. The summed E-state index contributed by atoms with van der Waals surface area (Å²) in [4.78, 5) is 28.6. The average molecular weight is 516 g/mol. The van der Waals surface area contributed by atoms with Gasteiger partial charge in [0.05, 0.1) is 36.6 Å². The van der Waals surface area contributed by atoms with Crippen molar-refractivity contribution in [2.75, 3.05) is 66.6 Å². The fourth-order valence-corrected chi connectivity index (χ4v) is 4.40. The number of aliphatic hydroxyl groups excluding tert-OH is 1. The number of carbonyl (C=O) groups is 1. The molecule has 10 nitrogen and oxygen atoms in total. The number of morpholine rings is 1. The van der Waals surface area contributed by atoms with Gasteiger partial charge in [0, 0.05) is 30.9 Å². The van der Waals surface area contributed by atoms with Gasteiger partial charge in [-0.3, -0.25) is 5.32 Å². The number of amides is 2. The first-order valence-corrected chi connectivity index (χ1v) is 12.6. The summed E-state index contributed by atoms with van der Waals surface area (Å²) in [6, 6.07) is 10.4. The van der Waals surface area contributed by atoms with Gasteiger partial charge in [-0.25, -0.2) is 19.7 Å². The zero-order valence-corrected chi connectivity index (χ0v) is 20.7. The van der Waals surface area contributed by atoms with Crippen LogP contribution >= 0.6 is 23.4 Å². The number of benzene rings is 1. The third kappa shape index (κ3) is 6.51. The quantitative estimate of drug-likeness (QED) is 0.262. The Bertz CT molecular complexity index is 1140. The summed E-state index contributed by atoms with van der Waals surface area (Å²) < 4.78 is 5.37. The third-order valence-corrected chi connectivity index (χ3v) is 6.38. The second-order valence-corrected chi connectivity index (χ2v) is 8.70. The Labute approximate surface area is 212 Å². The van der Waals surface area contributed by atoms with Gasteiger partial charge in [0.1, 0.15) is 16.8 Å². The second-order valence-electron chi connectivity index (χ2n) is 7.53. The van der Waals surface area contributed by atoms with E-state index >= 15 is 0 Å². The minimum atomic E-state index is -0.400. The van der Waals surface area contributed by atoms with Crippen LogP contribution in [-0.4, -0.2) is 71.8 Å². The number of pyridine rings is 1. The minimum absolute atomic E-state index is 0.0270.